The minimum atomic E-state index is -0.390. The van der Waals surface area contributed by atoms with Crippen LogP contribution in [0.3, 0.4) is 0 Å². The number of fused-ring (bicyclic) bond motifs is 3. The first kappa shape index (κ1) is 16.0. The van der Waals surface area contributed by atoms with Gasteiger partial charge in [-0.25, -0.2) is 0 Å². The van der Waals surface area contributed by atoms with Crippen LogP contribution in [0, 0.1) is 17.3 Å². The third kappa shape index (κ3) is 2.37. The van der Waals surface area contributed by atoms with Crippen molar-refractivity contribution in [1.29, 1.82) is 0 Å². The summed E-state index contributed by atoms with van der Waals surface area (Å²) >= 11 is 6.88. The molecule has 27 heavy (non-hydrogen) atoms. The Labute approximate surface area is 162 Å². The fraction of sp³-hybridized carbons (Fsp3) is 0.435. The van der Waals surface area contributed by atoms with Gasteiger partial charge in [0.1, 0.15) is 16.9 Å². The molecule has 2 aromatic carbocycles. The van der Waals surface area contributed by atoms with Gasteiger partial charge in [0.25, 0.3) is 0 Å². The van der Waals surface area contributed by atoms with Crippen LogP contribution in [0.4, 0.5) is 0 Å². The van der Waals surface area contributed by atoms with E-state index in [4.69, 9.17) is 20.8 Å². The molecular weight excluding hydrogens is 360 g/mol. The monoisotopic (exact) mass is 380 g/mol. The summed E-state index contributed by atoms with van der Waals surface area (Å²) in [4.78, 5) is 13.1. The van der Waals surface area contributed by atoms with Crippen molar-refractivity contribution >= 4 is 39.5 Å². The van der Waals surface area contributed by atoms with Crippen molar-refractivity contribution < 1.29 is 13.9 Å². The minimum Gasteiger partial charge on any atom is -0.456 e. The Morgan fingerprint density at radius 3 is 2.52 bits per heavy atom. The second kappa shape index (κ2) is 5.29. The molecule has 2 unspecified atom stereocenters. The van der Waals surface area contributed by atoms with Crippen molar-refractivity contribution in [1.82, 2.24) is 0 Å². The Hall–Kier alpha value is -2.00. The molecule has 0 saturated heterocycles. The number of alkyl halides is 1. The molecular formula is C23H21ClO3. The van der Waals surface area contributed by atoms with Gasteiger partial charge in [0.15, 0.2) is 0 Å². The molecule has 7 rings (SSSR count). The van der Waals surface area contributed by atoms with E-state index < -0.39 is 0 Å². The first-order valence-corrected chi connectivity index (χ1v) is 10.2. The molecule has 0 aliphatic heterocycles. The lowest BCUT2D eigenvalue weighted by Crippen LogP contribution is -2.56. The van der Waals surface area contributed by atoms with Gasteiger partial charge in [0, 0.05) is 15.6 Å². The van der Waals surface area contributed by atoms with Crippen molar-refractivity contribution in [3.05, 3.63) is 42.5 Å². The van der Waals surface area contributed by atoms with Crippen LogP contribution in [0.2, 0.25) is 0 Å². The number of carbonyl (C=O) groups is 1. The van der Waals surface area contributed by atoms with Gasteiger partial charge in [0.05, 0.1) is 5.41 Å². The van der Waals surface area contributed by atoms with Gasteiger partial charge in [-0.1, -0.05) is 18.2 Å². The maximum absolute atomic E-state index is 13.2. The normalized spacial score (nSPS) is 34.4. The van der Waals surface area contributed by atoms with Gasteiger partial charge >= 0.3 is 5.97 Å². The van der Waals surface area contributed by atoms with E-state index in [-0.39, 0.29) is 16.3 Å². The Bertz CT molecular complexity index is 1070. The smallest absolute Gasteiger partial charge is 0.317 e. The summed E-state index contributed by atoms with van der Waals surface area (Å²) in [6, 6.07) is 13.6. The largest absolute Gasteiger partial charge is 0.456 e. The molecule has 0 N–H and O–H groups in total. The van der Waals surface area contributed by atoms with Crippen LogP contribution in [-0.4, -0.2) is 10.8 Å². The maximum atomic E-state index is 13.2. The van der Waals surface area contributed by atoms with Gasteiger partial charge in [-0.05, 0) is 74.6 Å². The lowest BCUT2D eigenvalue weighted by Gasteiger charge is -2.58. The predicted molar refractivity (Wildman–Crippen MR) is 105 cm³/mol. The Morgan fingerprint density at radius 1 is 1.00 bits per heavy atom. The van der Waals surface area contributed by atoms with Gasteiger partial charge in [-0.15, -0.1) is 11.6 Å². The average molecular weight is 381 g/mol. The average Bonchev–Trinajstić information content (AvgIpc) is 2.98. The zero-order chi connectivity index (χ0) is 18.2. The molecule has 4 aliphatic carbocycles. The van der Waals surface area contributed by atoms with E-state index in [1.54, 1.807) is 0 Å². The van der Waals surface area contributed by atoms with E-state index in [1.165, 1.54) is 6.42 Å². The molecule has 3 nitrogen and oxygen atoms in total. The molecule has 1 heterocycles. The van der Waals surface area contributed by atoms with Gasteiger partial charge < -0.3 is 9.15 Å². The summed E-state index contributed by atoms with van der Waals surface area (Å²) in [5, 5.41) is 2.02. The summed E-state index contributed by atoms with van der Waals surface area (Å²) in [5.41, 5.74) is 1.27. The summed E-state index contributed by atoms with van der Waals surface area (Å²) in [7, 11) is 0. The summed E-state index contributed by atoms with van der Waals surface area (Å²) in [5.74, 6) is 1.67. The SMILES string of the molecule is O=C(Oc1ccc2oc3ccccc3c2c1)C12C[C@@H]3C[C@@H](CC(Cl)(C3)C1)C2. The summed E-state index contributed by atoms with van der Waals surface area (Å²) < 4.78 is 11.8. The second-order valence-corrected chi connectivity index (χ2v) is 9.84. The highest BCUT2D eigenvalue weighted by Crippen LogP contribution is 2.64. The van der Waals surface area contributed by atoms with Gasteiger partial charge in [0.2, 0.25) is 0 Å². The third-order valence-corrected chi connectivity index (χ3v) is 7.42. The number of hydrogen-bond donors (Lipinski definition) is 0. The van der Waals surface area contributed by atoms with Crippen LogP contribution >= 0.6 is 11.6 Å². The standard InChI is InChI=1S/C23H21ClO3/c24-23-11-14-7-15(12-23)10-22(9-14,13-23)21(25)26-16-5-6-20-18(8-16)17-3-1-2-4-19(17)27-20/h1-6,8,14-15H,7,9-13H2/t14-,15+,22?,23?. The van der Waals surface area contributed by atoms with Crippen LogP contribution in [0.1, 0.15) is 38.5 Å². The molecule has 4 heteroatoms. The molecule has 138 valence electrons. The maximum Gasteiger partial charge on any atom is 0.317 e. The molecule has 4 fully saturated rings. The number of hydrogen-bond acceptors (Lipinski definition) is 3. The van der Waals surface area contributed by atoms with Crippen molar-refractivity contribution in [3.8, 4) is 5.75 Å². The number of rotatable bonds is 2. The molecule has 4 saturated carbocycles. The summed E-state index contributed by atoms with van der Waals surface area (Å²) in [6.45, 7) is 0. The van der Waals surface area contributed by atoms with E-state index in [1.807, 2.05) is 42.5 Å². The van der Waals surface area contributed by atoms with E-state index in [9.17, 15) is 4.79 Å². The van der Waals surface area contributed by atoms with Crippen LogP contribution in [0.5, 0.6) is 5.75 Å². The molecule has 0 amide bonds. The lowest BCUT2D eigenvalue weighted by atomic mass is 9.49. The number of ether oxygens (including phenoxy) is 1. The zero-order valence-corrected chi connectivity index (χ0v) is 15.8. The summed E-state index contributed by atoms with van der Waals surface area (Å²) in [6.07, 6.45) is 6.00. The number of para-hydroxylation sites is 1. The molecule has 3 aromatic rings. The molecule has 4 atom stereocenters. The quantitative estimate of drug-likeness (QED) is 0.307. The third-order valence-electron chi connectivity index (χ3n) is 6.98. The van der Waals surface area contributed by atoms with E-state index in [0.29, 0.717) is 17.6 Å². The van der Waals surface area contributed by atoms with Crippen LogP contribution in [-0.2, 0) is 4.79 Å². The number of benzene rings is 2. The molecule has 1 aromatic heterocycles. The molecule has 0 spiro atoms. The Morgan fingerprint density at radius 2 is 1.74 bits per heavy atom. The molecule has 4 bridgehead atoms. The van der Waals surface area contributed by atoms with Crippen molar-refractivity contribution in [2.45, 2.75) is 43.4 Å². The number of esters is 1. The lowest BCUT2D eigenvalue weighted by molar-refractivity contribution is -0.159. The fourth-order valence-electron chi connectivity index (χ4n) is 6.37. The molecule has 4 aliphatic rings. The number of halogens is 1. The van der Waals surface area contributed by atoms with Gasteiger partial charge in [-0.2, -0.15) is 0 Å². The zero-order valence-electron chi connectivity index (χ0n) is 15.0. The van der Waals surface area contributed by atoms with Crippen molar-refractivity contribution in [3.63, 3.8) is 0 Å². The van der Waals surface area contributed by atoms with E-state index in [0.717, 1.165) is 54.0 Å². The second-order valence-electron chi connectivity index (χ2n) is 9.04. The highest BCUT2D eigenvalue weighted by Gasteiger charge is 2.60. The predicted octanol–water partition coefficient (Wildman–Crippen LogP) is 6.07. The molecule has 0 radical (unpaired) electrons. The van der Waals surface area contributed by atoms with Crippen LogP contribution in [0.25, 0.3) is 21.9 Å². The topological polar surface area (TPSA) is 39.4 Å². The van der Waals surface area contributed by atoms with Gasteiger partial charge in [-0.3, -0.25) is 4.79 Å². The Kier molecular flexibility index (Phi) is 3.13. The van der Waals surface area contributed by atoms with E-state index in [2.05, 4.69) is 0 Å². The highest BCUT2D eigenvalue weighted by molar-refractivity contribution is 6.24. The minimum absolute atomic E-state index is 0.0891. The van der Waals surface area contributed by atoms with Crippen LogP contribution in [0.15, 0.2) is 46.9 Å². The number of carbonyl (C=O) groups excluding carboxylic acids is 1. The first-order chi connectivity index (χ1) is 13.0. The van der Waals surface area contributed by atoms with E-state index >= 15 is 0 Å². The van der Waals surface area contributed by atoms with Crippen molar-refractivity contribution in [2.75, 3.05) is 0 Å². The number of furan rings is 1. The van der Waals surface area contributed by atoms with Crippen LogP contribution < -0.4 is 4.74 Å². The first-order valence-electron chi connectivity index (χ1n) is 9.85. The highest BCUT2D eigenvalue weighted by atomic mass is 35.5. The Balaban J connectivity index is 1.34. The fourth-order valence-corrected chi connectivity index (χ4v) is 7.07. The van der Waals surface area contributed by atoms with Crippen molar-refractivity contribution in [2.24, 2.45) is 17.3 Å².